The zero-order valence-electron chi connectivity index (χ0n) is 15.8. The Bertz CT molecular complexity index is 735. The molecule has 0 bridgehead atoms. The minimum atomic E-state index is 0.0361. The number of ether oxygens (including phenoxy) is 1. The molecule has 0 saturated carbocycles. The zero-order chi connectivity index (χ0) is 18.4. The molecule has 0 aliphatic carbocycles. The molecule has 1 amide bonds. The van der Waals surface area contributed by atoms with Crippen LogP contribution >= 0.6 is 11.3 Å². The molecule has 4 nitrogen and oxygen atoms in total. The molecule has 2 heterocycles. The number of carbonyl (C=O) groups is 1. The molecule has 1 aromatic carbocycles. The number of nitrogens with one attached hydrogen (secondary N) is 2. The number of thiophene rings is 1. The highest BCUT2D eigenvalue weighted by molar-refractivity contribution is 7.14. The Kier molecular flexibility index (Phi) is 6.83. The van der Waals surface area contributed by atoms with E-state index in [9.17, 15) is 4.79 Å². The van der Waals surface area contributed by atoms with Gasteiger partial charge < -0.3 is 15.0 Å². The first-order valence-electron chi connectivity index (χ1n) is 9.53. The smallest absolute Gasteiger partial charge is 0.261 e. The predicted octanol–water partition coefficient (Wildman–Crippen LogP) is 2.35. The summed E-state index contributed by atoms with van der Waals surface area (Å²) < 4.78 is 5.45. The lowest BCUT2D eigenvalue weighted by Crippen LogP contribution is -3.12. The van der Waals surface area contributed by atoms with E-state index in [1.807, 2.05) is 6.07 Å². The van der Waals surface area contributed by atoms with Crippen molar-refractivity contribution >= 4 is 17.2 Å². The van der Waals surface area contributed by atoms with Crippen molar-refractivity contribution < 1.29 is 14.4 Å². The van der Waals surface area contributed by atoms with Crippen LogP contribution in [0.25, 0.3) is 0 Å². The molecule has 2 N–H and O–H groups in total. The maximum Gasteiger partial charge on any atom is 0.261 e. The summed E-state index contributed by atoms with van der Waals surface area (Å²) in [5.41, 5.74) is 3.83. The lowest BCUT2D eigenvalue weighted by Gasteiger charge is -2.24. The first-order chi connectivity index (χ1) is 12.7. The molecule has 0 atom stereocenters. The van der Waals surface area contributed by atoms with Crippen LogP contribution in [-0.4, -0.2) is 32.2 Å². The molecule has 1 aliphatic heterocycles. The zero-order valence-corrected chi connectivity index (χ0v) is 16.6. The van der Waals surface area contributed by atoms with Crippen molar-refractivity contribution in [3.05, 3.63) is 56.8 Å². The fourth-order valence-electron chi connectivity index (χ4n) is 3.42. The van der Waals surface area contributed by atoms with Gasteiger partial charge in [0.1, 0.15) is 19.6 Å². The van der Waals surface area contributed by atoms with Crippen molar-refractivity contribution in [2.45, 2.75) is 39.8 Å². The Hall–Kier alpha value is -1.69. The second kappa shape index (κ2) is 9.31. The maximum atomic E-state index is 12.6. The van der Waals surface area contributed by atoms with Gasteiger partial charge in [-0.1, -0.05) is 37.6 Å². The molecule has 1 aromatic heterocycles. The highest BCUT2D eigenvalue weighted by Gasteiger charge is 2.17. The Morgan fingerprint density at radius 3 is 2.65 bits per heavy atom. The van der Waals surface area contributed by atoms with Gasteiger partial charge in [-0.2, -0.15) is 0 Å². The molecule has 3 rings (SSSR count). The standard InChI is InChI=1S/C21H28N2O2S/c1-3-6-17-13-20(26-16(17)2)21(24)22-14-18-7-4-5-8-19(18)15-23-9-11-25-12-10-23/h4-5,7-8,13H,3,6,9-12,14-15H2,1-2H3,(H,22,24)/p+1. The number of hydrogen-bond acceptors (Lipinski definition) is 3. The number of carbonyl (C=O) groups excluding carboxylic acids is 1. The quantitative estimate of drug-likeness (QED) is 0.782. The number of aryl methyl sites for hydroxylation is 2. The van der Waals surface area contributed by atoms with Gasteiger partial charge in [-0.25, -0.2) is 0 Å². The van der Waals surface area contributed by atoms with Crippen LogP contribution in [0.15, 0.2) is 30.3 Å². The SMILES string of the molecule is CCCc1cc(C(=O)NCc2ccccc2C[NH+]2CCOCC2)sc1C. The molecular weight excluding hydrogens is 344 g/mol. The van der Waals surface area contributed by atoms with Crippen LogP contribution in [-0.2, 0) is 24.2 Å². The van der Waals surface area contributed by atoms with Gasteiger partial charge in [0.05, 0.1) is 18.1 Å². The lowest BCUT2D eigenvalue weighted by molar-refractivity contribution is -0.921. The van der Waals surface area contributed by atoms with Crippen LogP contribution in [0.4, 0.5) is 0 Å². The van der Waals surface area contributed by atoms with Gasteiger partial charge in [0.15, 0.2) is 0 Å². The highest BCUT2D eigenvalue weighted by Crippen LogP contribution is 2.23. The van der Waals surface area contributed by atoms with E-state index in [1.165, 1.54) is 21.6 Å². The summed E-state index contributed by atoms with van der Waals surface area (Å²) in [4.78, 5) is 16.2. The van der Waals surface area contributed by atoms with Gasteiger partial charge in [-0.15, -0.1) is 11.3 Å². The summed E-state index contributed by atoms with van der Waals surface area (Å²) in [6, 6.07) is 10.5. The summed E-state index contributed by atoms with van der Waals surface area (Å²) in [6.45, 7) is 9.63. The Labute approximate surface area is 160 Å². The second-order valence-electron chi connectivity index (χ2n) is 6.93. The van der Waals surface area contributed by atoms with Crippen molar-refractivity contribution in [3.8, 4) is 0 Å². The largest absolute Gasteiger partial charge is 0.370 e. The molecule has 0 spiro atoms. The third kappa shape index (κ3) is 4.93. The Morgan fingerprint density at radius 1 is 1.19 bits per heavy atom. The molecule has 1 fully saturated rings. The maximum absolute atomic E-state index is 12.6. The summed E-state index contributed by atoms with van der Waals surface area (Å²) in [5, 5.41) is 3.11. The molecule has 5 heteroatoms. The third-order valence-electron chi connectivity index (χ3n) is 4.96. The van der Waals surface area contributed by atoms with E-state index in [-0.39, 0.29) is 5.91 Å². The third-order valence-corrected chi connectivity index (χ3v) is 6.05. The summed E-state index contributed by atoms with van der Waals surface area (Å²) in [7, 11) is 0. The molecule has 0 radical (unpaired) electrons. The minimum Gasteiger partial charge on any atom is -0.370 e. The first-order valence-corrected chi connectivity index (χ1v) is 10.3. The molecule has 140 valence electrons. The van der Waals surface area contributed by atoms with Gasteiger partial charge >= 0.3 is 0 Å². The van der Waals surface area contributed by atoms with Crippen LogP contribution in [0.5, 0.6) is 0 Å². The van der Waals surface area contributed by atoms with E-state index in [0.29, 0.717) is 6.54 Å². The van der Waals surface area contributed by atoms with Gasteiger partial charge in [0, 0.05) is 17.0 Å². The van der Waals surface area contributed by atoms with E-state index < -0.39 is 0 Å². The molecule has 1 saturated heterocycles. The van der Waals surface area contributed by atoms with Gasteiger partial charge in [0.25, 0.3) is 5.91 Å². The van der Waals surface area contributed by atoms with Gasteiger partial charge in [-0.05, 0) is 30.5 Å². The normalized spacial score (nSPS) is 15.2. The number of benzene rings is 1. The number of quaternary nitrogens is 1. The summed E-state index contributed by atoms with van der Waals surface area (Å²) >= 11 is 1.60. The summed E-state index contributed by atoms with van der Waals surface area (Å²) in [6.07, 6.45) is 2.15. The van der Waals surface area contributed by atoms with Crippen molar-refractivity contribution in [3.63, 3.8) is 0 Å². The van der Waals surface area contributed by atoms with E-state index >= 15 is 0 Å². The highest BCUT2D eigenvalue weighted by atomic mass is 32.1. The topological polar surface area (TPSA) is 42.8 Å². The van der Waals surface area contributed by atoms with Crippen LogP contribution < -0.4 is 10.2 Å². The summed E-state index contributed by atoms with van der Waals surface area (Å²) in [5.74, 6) is 0.0361. The number of morpholine rings is 1. The predicted molar refractivity (Wildman–Crippen MR) is 106 cm³/mol. The van der Waals surface area contributed by atoms with Crippen LogP contribution in [0.3, 0.4) is 0 Å². The number of hydrogen-bond donors (Lipinski definition) is 2. The minimum absolute atomic E-state index is 0.0361. The fourth-order valence-corrected chi connectivity index (χ4v) is 4.41. The van der Waals surface area contributed by atoms with Crippen molar-refractivity contribution in [1.82, 2.24) is 5.32 Å². The van der Waals surface area contributed by atoms with Gasteiger partial charge in [-0.3, -0.25) is 4.79 Å². The molecule has 2 aromatic rings. The first kappa shape index (κ1) is 19.1. The van der Waals surface area contributed by atoms with Gasteiger partial charge in [0.2, 0.25) is 0 Å². The van der Waals surface area contributed by atoms with Crippen molar-refractivity contribution in [1.29, 1.82) is 0 Å². The molecule has 1 aliphatic rings. The number of amides is 1. The average Bonchev–Trinajstić information content (AvgIpc) is 3.03. The Morgan fingerprint density at radius 2 is 1.92 bits per heavy atom. The molecule has 0 unspecified atom stereocenters. The van der Waals surface area contributed by atoms with Crippen molar-refractivity contribution in [2.24, 2.45) is 0 Å². The molecular formula is C21H29N2O2S+. The van der Waals surface area contributed by atoms with E-state index in [0.717, 1.165) is 50.6 Å². The number of rotatable bonds is 7. The monoisotopic (exact) mass is 373 g/mol. The van der Waals surface area contributed by atoms with E-state index in [2.05, 4.69) is 43.4 Å². The molecule has 26 heavy (non-hydrogen) atoms. The van der Waals surface area contributed by atoms with Crippen LogP contribution in [0.2, 0.25) is 0 Å². The Balaban J connectivity index is 1.62. The average molecular weight is 374 g/mol. The fraction of sp³-hybridized carbons (Fsp3) is 0.476. The lowest BCUT2D eigenvalue weighted by atomic mass is 10.1. The van der Waals surface area contributed by atoms with E-state index in [4.69, 9.17) is 4.74 Å². The van der Waals surface area contributed by atoms with E-state index in [1.54, 1.807) is 16.2 Å². The van der Waals surface area contributed by atoms with Crippen LogP contribution in [0.1, 0.15) is 44.6 Å². The van der Waals surface area contributed by atoms with Crippen molar-refractivity contribution in [2.75, 3.05) is 26.3 Å². The second-order valence-corrected chi connectivity index (χ2v) is 8.19. The van der Waals surface area contributed by atoms with Crippen LogP contribution in [0, 0.1) is 6.92 Å².